The molecule has 7 heteroatoms. The van der Waals surface area contributed by atoms with Gasteiger partial charge in [0.15, 0.2) is 0 Å². The van der Waals surface area contributed by atoms with Crippen LogP contribution in [0, 0.1) is 0 Å². The third kappa shape index (κ3) is 4.74. The van der Waals surface area contributed by atoms with Crippen LogP contribution in [0.4, 0.5) is 13.2 Å². The Balaban J connectivity index is 2.46. The summed E-state index contributed by atoms with van der Waals surface area (Å²) in [4.78, 5) is 3.90. The quantitative estimate of drug-likeness (QED) is 0.841. The van der Waals surface area contributed by atoms with Crippen molar-refractivity contribution < 1.29 is 23.0 Å². The molecule has 1 aromatic rings. The molecule has 0 aliphatic carbocycles. The number of alkyl halides is 3. The van der Waals surface area contributed by atoms with Gasteiger partial charge in [-0.1, -0.05) is 6.92 Å². The maximum absolute atomic E-state index is 11.8. The van der Waals surface area contributed by atoms with E-state index < -0.39 is 25.5 Å². The van der Waals surface area contributed by atoms with Gasteiger partial charge in [-0.2, -0.15) is 13.2 Å². The fourth-order valence-electron chi connectivity index (χ4n) is 1.41. The molecule has 0 amide bonds. The van der Waals surface area contributed by atoms with Gasteiger partial charge in [0.25, 0.3) is 0 Å². The summed E-state index contributed by atoms with van der Waals surface area (Å²) in [5.74, 6) is 0.328. The average molecular weight is 252 g/mol. The lowest BCUT2D eigenvalue weighted by molar-refractivity contribution is -0.179. The van der Waals surface area contributed by atoms with Crippen molar-refractivity contribution in [2.24, 2.45) is 0 Å². The van der Waals surface area contributed by atoms with Crippen LogP contribution in [0.5, 0.6) is 0 Å². The van der Waals surface area contributed by atoms with E-state index in [9.17, 15) is 18.3 Å². The Morgan fingerprint density at radius 1 is 1.53 bits per heavy atom. The van der Waals surface area contributed by atoms with Crippen molar-refractivity contribution in [1.29, 1.82) is 0 Å². The Hall–Kier alpha value is -1.08. The van der Waals surface area contributed by atoms with E-state index in [1.54, 1.807) is 10.8 Å². The van der Waals surface area contributed by atoms with E-state index in [1.807, 2.05) is 6.92 Å². The number of imidazole rings is 1. The van der Waals surface area contributed by atoms with Gasteiger partial charge in [-0.15, -0.1) is 0 Å². The minimum atomic E-state index is -4.38. The maximum Gasteiger partial charge on any atom is 0.411 e. The molecule has 17 heavy (non-hydrogen) atoms. The largest absolute Gasteiger partial charge is 0.411 e. The van der Waals surface area contributed by atoms with E-state index in [-0.39, 0.29) is 0 Å². The van der Waals surface area contributed by atoms with Crippen molar-refractivity contribution in [3.8, 4) is 0 Å². The summed E-state index contributed by atoms with van der Waals surface area (Å²) in [6.45, 7) is 0.834. The van der Waals surface area contributed by atoms with Crippen LogP contribution < -0.4 is 0 Å². The lowest BCUT2D eigenvalue weighted by atomic mass is 10.3. The molecule has 1 aromatic heterocycles. The SMILES string of the molecule is CCCn1ccnc1C(O)COCC(F)(F)F. The van der Waals surface area contributed by atoms with Crippen LogP contribution in [-0.4, -0.2) is 34.0 Å². The van der Waals surface area contributed by atoms with Gasteiger partial charge in [0.2, 0.25) is 0 Å². The minimum absolute atomic E-state index is 0.328. The van der Waals surface area contributed by atoms with Gasteiger partial charge in [0.1, 0.15) is 18.5 Å². The molecular formula is C10H15F3N2O2. The highest BCUT2D eigenvalue weighted by atomic mass is 19.4. The summed E-state index contributed by atoms with van der Waals surface area (Å²) in [5, 5.41) is 9.64. The van der Waals surface area contributed by atoms with Gasteiger partial charge < -0.3 is 14.4 Å². The molecule has 0 fully saturated rings. The lowest BCUT2D eigenvalue weighted by Gasteiger charge is -2.14. The van der Waals surface area contributed by atoms with Crippen LogP contribution >= 0.6 is 0 Å². The molecule has 1 heterocycles. The van der Waals surface area contributed by atoms with Gasteiger partial charge in [-0.05, 0) is 6.42 Å². The van der Waals surface area contributed by atoms with Gasteiger partial charge in [-0.25, -0.2) is 4.98 Å². The Morgan fingerprint density at radius 3 is 2.82 bits per heavy atom. The molecular weight excluding hydrogens is 237 g/mol. The number of halogens is 3. The molecule has 0 aromatic carbocycles. The van der Waals surface area contributed by atoms with Crippen LogP contribution in [0.3, 0.4) is 0 Å². The number of hydrogen-bond donors (Lipinski definition) is 1. The molecule has 0 saturated heterocycles. The summed E-state index contributed by atoms with van der Waals surface area (Å²) in [7, 11) is 0. The van der Waals surface area contributed by atoms with E-state index in [0.29, 0.717) is 12.4 Å². The van der Waals surface area contributed by atoms with Crippen LogP contribution in [0.2, 0.25) is 0 Å². The zero-order chi connectivity index (χ0) is 12.9. The number of aliphatic hydroxyl groups is 1. The molecule has 0 radical (unpaired) electrons. The predicted octanol–water partition coefficient (Wildman–Crippen LogP) is 1.91. The highest BCUT2D eigenvalue weighted by Gasteiger charge is 2.28. The van der Waals surface area contributed by atoms with Crippen LogP contribution in [0.15, 0.2) is 12.4 Å². The first-order valence-electron chi connectivity index (χ1n) is 5.27. The topological polar surface area (TPSA) is 47.3 Å². The molecule has 98 valence electrons. The molecule has 1 atom stereocenters. The van der Waals surface area contributed by atoms with Crippen molar-refractivity contribution in [3.63, 3.8) is 0 Å². The monoisotopic (exact) mass is 252 g/mol. The van der Waals surface area contributed by atoms with Crippen molar-refractivity contribution in [1.82, 2.24) is 9.55 Å². The van der Waals surface area contributed by atoms with Crippen LogP contribution in [-0.2, 0) is 11.3 Å². The first-order valence-corrected chi connectivity index (χ1v) is 5.27. The maximum atomic E-state index is 11.8. The Labute approximate surface area is 97.0 Å². The Kier molecular flexibility index (Phi) is 4.95. The molecule has 0 aliphatic heterocycles. The minimum Gasteiger partial charge on any atom is -0.383 e. The molecule has 1 N–H and O–H groups in total. The Bertz CT molecular complexity index is 339. The summed E-state index contributed by atoms with van der Waals surface area (Å²) >= 11 is 0. The molecule has 0 aliphatic rings. The smallest absolute Gasteiger partial charge is 0.383 e. The van der Waals surface area contributed by atoms with E-state index >= 15 is 0 Å². The molecule has 0 bridgehead atoms. The van der Waals surface area contributed by atoms with E-state index in [2.05, 4.69) is 9.72 Å². The summed E-state index contributed by atoms with van der Waals surface area (Å²) in [6, 6.07) is 0. The first kappa shape index (κ1) is 14.0. The van der Waals surface area contributed by atoms with E-state index in [1.165, 1.54) is 6.20 Å². The molecule has 4 nitrogen and oxygen atoms in total. The second-order valence-electron chi connectivity index (χ2n) is 3.62. The molecule has 0 spiro atoms. The zero-order valence-corrected chi connectivity index (χ0v) is 9.44. The standard InChI is InChI=1S/C10H15F3N2O2/c1-2-4-15-5-3-14-9(15)8(16)6-17-7-10(11,12)13/h3,5,8,16H,2,4,6-7H2,1H3. The fraction of sp³-hybridized carbons (Fsp3) is 0.700. The lowest BCUT2D eigenvalue weighted by Crippen LogP contribution is -2.21. The van der Waals surface area contributed by atoms with Crippen molar-refractivity contribution >= 4 is 0 Å². The number of aromatic nitrogens is 2. The van der Waals surface area contributed by atoms with Crippen molar-refractivity contribution in [2.45, 2.75) is 32.2 Å². The zero-order valence-electron chi connectivity index (χ0n) is 9.44. The second-order valence-corrected chi connectivity index (χ2v) is 3.62. The Morgan fingerprint density at radius 2 is 2.24 bits per heavy atom. The molecule has 0 saturated carbocycles. The summed E-state index contributed by atoms with van der Waals surface area (Å²) in [6.07, 6.45) is -1.50. The van der Waals surface area contributed by atoms with Gasteiger partial charge in [-0.3, -0.25) is 0 Å². The van der Waals surface area contributed by atoms with E-state index in [4.69, 9.17) is 0 Å². The predicted molar refractivity (Wildman–Crippen MR) is 54.4 cm³/mol. The fourth-order valence-corrected chi connectivity index (χ4v) is 1.41. The number of aliphatic hydroxyl groups excluding tert-OH is 1. The van der Waals surface area contributed by atoms with Crippen molar-refractivity contribution in [3.05, 3.63) is 18.2 Å². The summed E-state index contributed by atoms with van der Waals surface area (Å²) in [5.41, 5.74) is 0. The van der Waals surface area contributed by atoms with Crippen LogP contribution in [0.25, 0.3) is 0 Å². The first-order chi connectivity index (χ1) is 7.94. The number of rotatable bonds is 6. The third-order valence-electron chi connectivity index (χ3n) is 2.05. The van der Waals surface area contributed by atoms with E-state index in [0.717, 1.165) is 6.42 Å². The number of hydrogen-bond acceptors (Lipinski definition) is 3. The molecule has 1 unspecified atom stereocenters. The molecule has 1 rings (SSSR count). The highest BCUT2D eigenvalue weighted by Crippen LogP contribution is 2.17. The van der Waals surface area contributed by atoms with Crippen LogP contribution in [0.1, 0.15) is 25.3 Å². The normalized spacial score (nSPS) is 13.9. The summed E-state index contributed by atoms with van der Waals surface area (Å²) < 4.78 is 41.5. The second kappa shape index (κ2) is 6.02. The third-order valence-corrected chi connectivity index (χ3v) is 2.05. The number of ether oxygens (including phenoxy) is 1. The average Bonchev–Trinajstić information content (AvgIpc) is 2.64. The van der Waals surface area contributed by atoms with Gasteiger partial charge in [0, 0.05) is 18.9 Å². The van der Waals surface area contributed by atoms with Gasteiger partial charge >= 0.3 is 6.18 Å². The van der Waals surface area contributed by atoms with Gasteiger partial charge in [0.05, 0.1) is 6.61 Å². The highest BCUT2D eigenvalue weighted by molar-refractivity contribution is 4.96. The van der Waals surface area contributed by atoms with Crippen molar-refractivity contribution in [2.75, 3.05) is 13.2 Å². The number of aryl methyl sites for hydroxylation is 1. The number of nitrogens with zero attached hydrogens (tertiary/aromatic N) is 2.